The maximum atomic E-state index is 12.5. The second-order valence-corrected chi connectivity index (χ2v) is 5.57. The summed E-state index contributed by atoms with van der Waals surface area (Å²) in [5.41, 5.74) is 0.694. The molecule has 0 aliphatic heterocycles. The fourth-order valence-corrected chi connectivity index (χ4v) is 2.88. The van der Waals surface area contributed by atoms with E-state index in [0.29, 0.717) is 17.0 Å². The summed E-state index contributed by atoms with van der Waals surface area (Å²) in [5, 5.41) is 0.632. The average Bonchev–Trinajstić information content (AvgIpc) is 2.69. The lowest BCUT2D eigenvalue weighted by molar-refractivity contribution is -0.137. The number of carbonyl (C=O) groups is 1. The van der Waals surface area contributed by atoms with Crippen molar-refractivity contribution < 1.29 is 18.0 Å². The van der Waals surface area contributed by atoms with Crippen molar-refractivity contribution in [3.8, 4) is 10.6 Å². The minimum Gasteiger partial charge on any atom is -0.300 e. The van der Waals surface area contributed by atoms with E-state index in [9.17, 15) is 18.0 Å². The minimum absolute atomic E-state index is 0.0377. The molecule has 0 saturated heterocycles. The summed E-state index contributed by atoms with van der Waals surface area (Å²) in [6.45, 7) is 3.29. The average molecular weight is 299 g/mol. The Morgan fingerprint density at radius 1 is 1.25 bits per heavy atom. The van der Waals surface area contributed by atoms with Crippen LogP contribution in [-0.2, 0) is 17.4 Å². The summed E-state index contributed by atoms with van der Waals surface area (Å²) >= 11 is 1.34. The quantitative estimate of drug-likeness (QED) is 0.847. The van der Waals surface area contributed by atoms with Crippen molar-refractivity contribution in [3.63, 3.8) is 0 Å². The predicted octanol–water partition coefficient (Wildman–Crippen LogP) is 4.27. The molecule has 2 nitrogen and oxygen atoms in total. The van der Waals surface area contributed by atoms with Crippen molar-refractivity contribution in [2.24, 2.45) is 0 Å². The Labute approximate surface area is 118 Å². The first kappa shape index (κ1) is 14.7. The van der Waals surface area contributed by atoms with Crippen LogP contribution in [-0.4, -0.2) is 10.8 Å². The van der Waals surface area contributed by atoms with E-state index in [0.717, 1.165) is 22.7 Å². The molecule has 0 unspecified atom stereocenters. The Bertz CT molecular complexity index is 629. The van der Waals surface area contributed by atoms with Crippen LogP contribution in [0.2, 0.25) is 0 Å². The summed E-state index contributed by atoms with van der Waals surface area (Å²) in [7, 11) is 0. The third-order valence-electron chi connectivity index (χ3n) is 2.76. The molecule has 0 N–H and O–H groups in total. The van der Waals surface area contributed by atoms with Gasteiger partial charge in [-0.3, -0.25) is 4.79 Å². The molecule has 0 amide bonds. The van der Waals surface area contributed by atoms with E-state index in [2.05, 4.69) is 4.98 Å². The Balaban J connectivity index is 2.30. The number of hydrogen-bond donors (Lipinski definition) is 0. The Hall–Kier alpha value is -1.69. The normalized spacial score (nSPS) is 11.7. The zero-order valence-corrected chi connectivity index (χ0v) is 11.7. The molecule has 6 heteroatoms. The molecular weight excluding hydrogens is 287 g/mol. The van der Waals surface area contributed by atoms with Gasteiger partial charge < -0.3 is 0 Å². The lowest BCUT2D eigenvalue weighted by Crippen LogP contribution is -2.03. The highest BCUT2D eigenvalue weighted by Gasteiger charge is 2.30. The molecule has 106 valence electrons. The van der Waals surface area contributed by atoms with E-state index in [4.69, 9.17) is 0 Å². The van der Waals surface area contributed by atoms with Gasteiger partial charge in [-0.1, -0.05) is 12.1 Å². The number of Topliss-reactive ketones (excluding diaryl/α,β-unsaturated/α-hetero) is 1. The first-order valence-electron chi connectivity index (χ1n) is 5.91. The highest BCUT2D eigenvalue weighted by molar-refractivity contribution is 7.15. The first-order valence-corrected chi connectivity index (χ1v) is 6.72. The molecule has 1 heterocycles. The van der Waals surface area contributed by atoms with E-state index in [1.165, 1.54) is 30.4 Å². The van der Waals surface area contributed by atoms with Crippen LogP contribution in [0.1, 0.15) is 23.1 Å². The molecule has 0 fully saturated rings. The zero-order chi connectivity index (χ0) is 14.9. The summed E-state index contributed by atoms with van der Waals surface area (Å²) in [5.74, 6) is 0.0377. The summed E-state index contributed by atoms with van der Waals surface area (Å²) in [6.07, 6.45) is -4.03. The number of halogens is 3. The van der Waals surface area contributed by atoms with Crippen molar-refractivity contribution in [1.29, 1.82) is 0 Å². The van der Waals surface area contributed by atoms with Gasteiger partial charge in [0.1, 0.15) is 10.8 Å². The summed E-state index contributed by atoms with van der Waals surface area (Å²) < 4.78 is 37.4. The third-order valence-corrected chi connectivity index (χ3v) is 3.97. The maximum absolute atomic E-state index is 12.5. The number of rotatable bonds is 3. The Morgan fingerprint density at radius 2 is 1.85 bits per heavy atom. The number of aryl methyl sites for hydroxylation is 1. The van der Waals surface area contributed by atoms with E-state index < -0.39 is 11.7 Å². The zero-order valence-electron chi connectivity index (χ0n) is 10.9. The summed E-state index contributed by atoms with van der Waals surface area (Å²) in [4.78, 5) is 16.3. The van der Waals surface area contributed by atoms with E-state index >= 15 is 0 Å². The number of nitrogens with zero attached hydrogens (tertiary/aromatic N) is 1. The molecule has 1 aromatic heterocycles. The second kappa shape index (κ2) is 5.36. The van der Waals surface area contributed by atoms with Gasteiger partial charge in [0.05, 0.1) is 11.3 Å². The van der Waals surface area contributed by atoms with Gasteiger partial charge in [0, 0.05) is 16.9 Å². The van der Waals surface area contributed by atoms with Gasteiger partial charge in [0.2, 0.25) is 0 Å². The topological polar surface area (TPSA) is 30.0 Å². The molecule has 0 atom stereocenters. The van der Waals surface area contributed by atoms with Gasteiger partial charge in [-0.25, -0.2) is 4.98 Å². The van der Waals surface area contributed by atoms with Gasteiger partial charge in [-0.2, -0.15) is 13.2 Å². The number of benzene rings is 1. The van der Waals surface area contributed by atoms with Crippen LogP contribution in [0.25, 0.3) is 10.6 Å². The lowest BCUT2D eigenvalue weighted by Gasteiger charge is -2.06. The molecule has 0 aliphatic carbocycles. The molecule has 0 aliphatic rings. The fraction of sp³-hybridized carbons (Fsp3) is 0.286. The number of alkyl halides is 3. The third kappa shape index (κ3) is 3.25. The Kier molecular flexibility index (Phi) is 3.94. The van der Waals surface area contributed by atoms with Gasteiger partial charge in [-0.15, -0.1) is 11.3 Å². The second-order valence-electron chi connectivity index (χ2n) is 4.48. The molecule has 0 bridgehead atoms. The number of carbonyl (C=O) groups excluding carboxylic acids is 1. The van der Waals surface area contributed by atoms with Crippen LogP contribution in [0.15, 0.2) is 24.3 Å². The van der Waals surface area contributed by atoms with Crippen molar-refractivity contribution in [1.82, 2.24) is 4.98 Å². The van der Waals surface area contributed by atoms with Gasteiger partial charge in [-0.05, 0) is 26.0 Å². The number of thiazole rings is 1. The largest absolute Gasteiger partial charge is 0.416 e. The monoisotopic (exact) mass is 299 g/mol. The SMILES string of the molecule is CC(=O)Cc1sc(-c2ccc(C(F)(F)F)cc2)nc1C. The molecule has 0 saturated carbocycles. The van der Waals surface area contributed by atoms with Crippen molar-refractivity contribution >= 4 is 17.1 Å². The molecule has 0 spiro atoms. The molecule has 20 heavy (non-hydrogen) atoms. The summed E-state index contributed by atoms with van der Waals surface area (Å²) in [6, 6.07) is 4.88. The smallest absolute Gasteiger partial charge is 0.300 e. The fourth-order valence-electron chi connectivity index (χ4n) is 1.74. The van der Waals surface area contributed by atoms with Gasteiger partial charge in [0.25, 0.3) is 0 Å². The van der Waals surface area contributed by atoms with E-state index in [-0.39, 0.29) is 5.78 Å². The van der Waals surface area contributed by atoms with Crippen molar-refractivity contribution in [2.45, 2.75) is 26.4 Å². The van der Waals surface area contributed by atoms with Gasteiger partial charge in [0.15, 0.2) is 0 Å². The molecular formula is C14H12F3NOS. The number of aromatic nitrogens is 1. The molecule has 2 rings (SSSR count). The lowest BCUT2D eigenvalue weighted by atomic mass is 10.1. The van der Waals surface area contributed by atoms with Gasteiger partial charge >= 0.3 is 6.18 Å². The van der Waals surface area contributed by atoms with Crippen LogP contribution in [0, 0.1) is 6.92 Å². The van der Waals surface area contributed by atoms with Crippen LogP contribution in [0.5, 0.6) is 0 Å². The number of ketones is 1. The maximum Gasteiger partial charge on any atom is 0.416 e. The Morgan fingerprint density at radius 3 is 2.35 bits per heavy atom. The molecule has 2 aromatic rings. The van der Waals surface area contributed by atoms with Crippen molar-refractivity contribution in [3.05, 3.63) is 40.4 Å². The highest BCUT2D eigenvalue weighted by Crippen LogP contribution is 2.33. The van der Waals surface area contributed by atoms with Crippen LogP contribution in [0.4, 0.5) is 13.2 Å². The van der Waals surface area contributed by atoms with Crippen LogP contribution >= 0.6 is 11.3 Å². The van der Waals surface area contributed by atoms with Crippen LogP contribution in [0.3, 0.4) is 0 Å². The van der Waals surface area contributed by atoms with E-state index in [1.54, 1.807) is 6.92 Å². The van der Waals surface area contributed by atoms with Crippen molar-refractivity contribution in [2.75, 3.05) is 0 Å². The number of hydrogen-bond acceptors (Lipinski definition) is 3. The first-order chi connectivity index (χ1) is 9.27. The minimum atomic E-state index is -4.34. The predicted molar refractivity (Wildman–Crippen MR) is 71.7 cm³/mol. The molecule has 0 radical (unpaired) electrons. The highest BCUT2D eigenvalue weighted by atomic mass is 32.1. The van der Waals surface area contributed by atoms with E-state index in [1.807, 2.05) is 0 Å². The molecule has 1 aromatic carbocycles. The standard InChI is InChI=1S/C14H12F3NOS/c1-8(19)7-12-9(2)18-13(20-12)10-3-5-11(6-4-10)14(15,16)17/h3-6H,7H2,1-2H3. The van der Waals surface area contributed by atoms with Crippen LogP contribution < -0.4 is 0 Å².